The van der Waals surface area contributed by atoms with Crippen molar-refractivity contribution >= 4 is 5.97 Å². The largest absolute Gasteiger partial charge is 0.459 e. The number of hydrogen-bond donors (Lipinski definition) is 2. The van der Waals surface area contributed by atoms with E-state index in [-0.39, 0.29) is 6.61 Å². The standard InChI is InChI=1S/C15H25NO4/c1-10(2)15(19,11(3)17)14(18)20-9-12-6-8-16-7-4-5-13(12)16/h6,10-11,13,17,19H,4-5,7-9H2,1-3H3/t11?,13-,15?/m0/s1. The van der Waals surface area contributed by atoms with Crippen LogP contribution in [-0.2, 0) is 9.53 Å². The molecule has 3 atom stereocenters. The Morgan fingerprint density at radius 2 is 2.25 bits per heavy atom. The average molecular weight is 283 g/mol. The maximum atomic E-state index is 12.1. The van der Waals surface area contributed by atoms with Crippen LogP contribution in [0.2, 0.25) is 0 Å². The third-order valence-electron chi connectivity index (χ3n) is 4.59. The van der Waals surface area contributed by atoms with Gasteiger partial charge in [-0.25, -0.2) is 4.79 Å². The van der Waals surface area contributed by atoms with Crippen LogP contribution < -0.4 is 0 Å². The lowest BCUT2D eigenvalue weighted by Gasteiger charge is -2.32. The molecular weight excluding hydrogens is 258 g/mol. The van der Waals surface area contributed by atoms with Gasteiger partial charge in [-0.2, -0.15) is 0 Å². The molecule has 2 rings (SSSR count). The lowest BCUT2D eigenvalue weighted by atomic mass is 9.85. The molecule has 0 aliphatic carbocycles. The van der Waals surface area contributed by atoms with E-state index in [0.29, 0.717) is 6.04 Å². The van der Waals surface area contributed by atoms with Crippen LogP contribution in [0, 0.1) is 5.92 Å². The number of aliphatic hydroxyl groups is 2. The zero-order valence-electron chi connectivity index (χ0n) is 12.5. The molecule has 0 aromatic rings. The van der Waals surface area contributed by atoms with Gasteiger partial charge in [-0.15, -0.1) is 0 Å². The molecule has 0 spiro atoms. The highest BCUT2D eigenvalue weighted by Gasteiger charge is 2.46. The Bertz CT molecular complexity index is 395. The highest BCUT2D eigenvalue weighted by Crippen LogP contribution is 2.29. The van der Waals surface area contributed by atoms with Gasteiger partial charge in [-0.05, 0) is 37.8 Å². The quantitative estimate of drug-likeness (QED) is 0.574. The molecule has 0 aromatic carbocycles. The highest BCUT2D eigenvalue weighted by atomic mass is 16.6. The summed E-state index contributed by atoms with van der Waals surface area (Å²) in [5.74, 6) is -1.14. The van der Waals surface area contributed by atoms with Crippen LogP contribution in [0.15, 0.2) is 11.6 Å². The van der Waals surface area contributed by atoms with Gasteiger partial charge in [0.25, 0.3) is 0 Å². The summed E-state index contributed by atoms with van der Waals surface area (Å²) in [5, 5.41) is 20.0. The van der Waals surface area contributed by atoms with Crippen molar-refractivity contribution in [1.82, 2.24) is 4.90 Å². The molecule has 0 aromatic heterocycles. The van der Waals surface area contributed by atoms with Crippen LogP contribution in [0.1, 0.15) is 33.6 Å². The van der Waals surface area contributed by atoms with E-state index in [9.17, 15) is 15.0 Å². The molecule has 2 aliphatic rings. The predicted octanol–water partition coefficient (Wildman–Crippen LogP) is 0.702. The maximum absolute atomic E-state index is 12.1. The van der Waals surface area contributed by atoms with Crippen LogP contribution >= 0.6 is 0 Å². The number of nitrogens with zero attached hydrogens (tertiary/aromatic N) is 1. The Morgan fingerprint density at radius 3 is 2.85 bits per heavy atom. The van der Waals surface area contributed by atoms with E-state index in [1.165, 1.54) is 13.3 Å². The number of carbonyl (C=O) groups excluding carboxylic acids is 1. The summed E-state index contributed by atoms with van der Waals surface area (Å²) in [6.45, 7) is 7.03. The van der Waals surface area contributed by atoms with Gasteiger partial charge in [-0.1, -0.05) is 19.9 Å². The molecule has 114 valence electrons. The molecular formula is C15H25NO4. The van der Waals surface area contributed by atoms with E-state index in [0.717, 1.165) is 25.1 Å². The molecule has 5 heteroatoms. The van der Waals surface area contributed by atoms with Gasteiger partial charge >= 0.3 is 5.97 Å². The molecule has 20 heavy (non-hydrogen) atoms. The number of fused-ring (bicyclic) bond motifs is 1. The first-order chi connectivity index (χ1) is 9.37. The molecule has 0 bridgehead atoms. The van der Waals surface area contributed by atoms with Crippen LogP contribution in [-0.4, -0.2) is 58.5 Å². The lowest BCUT2D eigenvalue weighted by molar-refractivity contribution is -0.183. The summed E-state index contributed by atoms with van der Waals surface area (Å²) in [5.41, 5.74) is -0.721. The second kappa shape index (κ2) is 5.84. The first-order valence-corrected chi connectivity index (χ1v) is 7.38. The van der Waals surface area contributed by atoms with E-state index in [4.69, 9.17) is 4.74 Å². The number of hydrogen-bond acceptors (Lipinski definition) is 5. The highest BCUT2D eigenvalue weighted by molar-refractivity contribution is 5.80. The van der Waals surface area contributed by atoms with Gasteiger partial charge < -0.3 is 14.9 Å². The van der Waals surface area contributed by atoms with E-state index in [1.54, 1.807) is 13.8 Å². The van der Waals surface area contributed by atoms with Crippen LogP contribution in [0.5, 0.6) is 0 Å². The number of carbonyl (C=O) groups is 1. The van der Waals surface area contributed by atoms with Crippen LogP contribution in [0.25, 0.3) is 0 Å². The van der Waals surface area contributed by atoms with E-state index in [1.807, 2.05) is 0 Å². The summed E-state index contributed by atoms with van der Waals surface area (Å²) in [4.78, 5) is 14.5. The summed E-state index contributed by atoms with van der Waals surface area (Å²) >= 11 is 0. The lowest BCUT2D eigenvalue weighted by Crippen LogP contribution is -2.53. The van der Waals surface area contributed by atoms with Crippen molar-refractivity contribution in [3.63, 3.8) is 0 Å². The fourth-order valence-corrected chi connectivity index (χ4v) is 3.14. The summed E-state index contributed by atoms with van der Waals surface area (Å²) in [6.07, 6.45) is 3.23. The molecule has 0 radical (unpaired) electrons. The number of ether oxygens (including phenoxy) is 1. The van der Waals surface area contributed by atoms with Gasteiger partial charge in [0.05, 0.1) is 6.10 Å². The molecule has 1 saturated heterocycles. The Morgan fingerprint density at radius 1 is 1.55 bits per heavy atom. The first kappa shape index (κ1) is 15.5. The summed E-state index contributed by atoms with van der Waals surface area (Å²) in [7, 11) is 0. The topological polar surface area (TPSA) is 70.0 Å². The Kier molecular flexibility index (Phi) is 4.52. The Balaban J connectivity index is 1.95. The third kappa shape index (κ3) is 2.62. The SMILES string of the molecule is CC(C)C(O)(C(=O)OCC1=CCN2CCC[C@@H]12)C(C)O. The monoisotopic (exact) mass is 283 g/mol. The Labute approximate surface area is 120 Å². The fourth-order valence-electron chi connectivity index (χ4n) is 3.14. The van der Waals surface area contributed by atoms with Gasteiger partial charge in [0.1, 0.15) is 6.61 Å². The van der Waals surface area contributed by atoms with Crippen molar-refractivity contribution in [3.8, 4) is 0 Å². The normalized spacial score (nSPS) is 27.1. The van der Waals surface area contributed by atoms with Crippen molar-refractivity contribution in [2.24, 2.45) is 5.92 Å². The Hall–Kier alpha value is -0.910. The summed E-state index contributed by atoms with van der Waals surface area (Å²) < 4.78 is 5.28. The third-order valence-corrected chi connectivity index (χ3v) is 4.59. The van der Waals surface area contributed by atoms with Gasteiger partial charge in [-0.3, -0.25) is 4.90 Å². The number of rotatable bonds is 5. The van der Waals surface area contributed by atoms with Crippen molar-refractivity contribution in [1.29, 1.82) is 0 Å². The number of aliphatic hydroxyl groups excluding tert-OH is 1. The molecule has 0 amide bonds. The van der Waals surface area contributed by atoms with Gasteiger partial charge in [0.15, 0.2) is 5.60 Å². The molecule has 0 saturated carbocycles. The van der Waals surface area contributed by atoms with Gasteiger partial charge in [0, 0.05) is 12.6 Å². The molecule has 2 unspecified atom stereocenters. The van der Waals surface area contributed by atoms with Crippen LogP contribution in [0.4, 0.5) is 0 Å². The van der Waals surface area contributed by atoms with E-state index >= 15 is 0 Å². The van der Waals surface area contributed by atoms with Crippen molar-refractivity contribution < 1.29 is 19.7 Å². The minimum atomic E-state index is -1.84. The van der Waals surface area contributed by atoms with Crippen molar-refractivity contribution in [2.45, 2.75) is 51.4 Å². The minimum Gasteiger partial charge on any atom is -0.459 e. The molecule has 2 heterocycles. The number of esters is 1. The maximum Gasteiger partial charge on any atom is 0.341 e. The summed E-state index contributed by atoms with van der Waals surface area (Å²) in [6, 6.07) is 0.390. The molecule has 5 nitrogen and oxygen atoms in total. The second-order valence-corrected chi connectivity index (χ2v) is 6.16. The second-order valence-electron chi connectivity index (χ2n) is 6.16. The van der Waals surface area contributed by atoms with Crippen LogP contribution in [0.3, 0.4) is 0 Å². The minimum absolute atomic E-state index is 0.210. The molecule has 1 fully saturated rings. The molecule has 2 N–H and O–H groups in total. The van der Waals surface area contributed by atoms with Crippen molar-refractivity contribution in [2.75, 3.05) is 19.7 Å². The zero-order chi connectivity index (χ0) is 14.9. The van der Waals surface area contributed by atoms with Crippen molar-refractivity contribution in [3.05, 3.63) is 11.6 Å². The van der Waals surface area contributed by atoms with Gasteiger partial charge in [0.2, 0.25) is 0 Å². The fraction of sp³-hybridized carbons (Fsp3) is 0.800. The average Bonchev–Trinajstić information content (AvgIpc) is 2.97. The predicted molar refractivity (Wildman–Crippen MR) is 75.1 cm³/mol. The van der Waals surface area contributed by atoms with E-state index in [2.05, 4.69) is 11.0 Å². The van der Waals surface area contributed by atoms with E-state index < -0.39 is 23.6 Å². The smallest absolute Gasteiger partial charge is 0.341 e. The molecule has 2 aliphatic heterocycles. The zero-order valence-corrected chi connectivity index (χ0v) is 12.5. The first-order valence-electron chi connectivity index (χ1n) is 7.38.